The van der Waals surface area contributed by atoms with E-state index in [0.717, 1.165) is 31.1 Å². The summed E-state index contributed by atoms with van der Waals surface area (Å²) < 4.78 is 0. The fourth-order valence-electron chi connectivity index (χ4n) is 1.86. The quantitative estimate of drug-likeness (QED) is 0.516. The molecule has 0 aromatic heterocycles. The van der Waals surface area contributed by atoms with Gasteiger partial charge in [0.05, 0.1) is 0 Å². The van der Waals surface area contributed by atoms with Gasteiger partial charge in [0.15, 0.2) is 0 Å². The van der Waals surface area contributed by atoms with Crippen LogP contribution in [0.2, 0.25) is 0 Å². The molecule has 1 saturated heterocycles. The van der Waals surface area contributed by atoms with Gasteiger partial charge in [0.1, 0.15) is 0 Å². The maximum Gasteiger partial charge on any atom is 0.222 e. The highest BCUT2D eigenvalue weighted by Crippen LogP contribution is 2.39. The number of amides is 1. The van der Waals surface area contributed by atoms with Crippen LogP contribution in [0.5, 0.6) is 0 Å². The first-order valence-corrected chi connectivity index (χ1v) is 8.64. The third-order valence-electron chi connectivity index (χ3n) is 2.88. The zero-order chi connectivity index (χ0) is 11.8. The van der Waals surface area contributed by atoms with Gasteiger partial charge in [-0.05, 0) is 25.7 Å². The van der Waals surface area contributed by atoms with E-state index in [1.54, 1.807) is 0 Å². The van der Waals surface area contributed by atoms with Crippen molar-refractivity contribution in [2.24, 2.45) is 0 Å². The minimum absolute atomic E-state index is 0.315. The van der Waals surface area contributed by atoms with Crippen LogP contribution in [0, 0.1) is 0 Å². The first kappa shape index (κ1) is 14.2. The second kappa shape index (κ2) is 8.29. The van der Waals surface area contributed by atoms with Crippen molar-refractivity contribution in [1.82, 2.24) is 4.90 Å². The molecule has 2 nitrogen and oxygen atoms in total. The van der Waals surface area contributed by atoms with E-state index in [2.05, 4.69) is 6.92 Å². The van der Waals surface area contributed by atoms with E-state index in [0.29, 0.717) is 5.91 Å². The van der Waals surface area contributed by atoms with Crippen molar-refractivity contribution < 1.29 is 4.79 Å². The first-order chi connectivity index (χ1) is 7.74. The van der Waals surface area contributed by atoms with Gasteiger partial charge in [0.25, 0.3) is 0 Å². The van der Waals surface area contributed by atoms with Crippen molar-refractivity contribution in [2.75, 3.05) is 19.3 Å². The molecule has 94 valence electrons. The van der Waals surface area contributed by atoms with Crippen LogP contribution >= 0.6 is 21.6 Å². The smallest absolute Gasteiger partial charge is 0.222 e. The predicted molar refractivity (Wildman–Crippen MR) is 74.9 cm³/mol. The van der Waals surface area contributed by atoms with Crippen molar-refractivity contribution >= 4 is 27.5 Å². The second-order valence-electron chi connectivity index (χ2n) is 4.39. The number of nitrogens with zero attached hydrogens (tertiary/aromatic N) is 1. The van der Waals surface area contributed by atoms with Gasteiger partial charge in [-0.1, -0.05) is 34.9 Å². The molecular formula is C12H23NOS2. The molecule has 1 aliphatic rings. The Balaban J connectivity index is 1.99. The average molecular weight is 261 g/mol. The third-order valence-corrected chi connectivity index (χ3v) is 5.89. The molecule has 0 bridgehead atoms. The van der Waals surface area contributed by atoms with Crippen LogP contribution < -0.4 is 0 Å². The molecule has 0 saturated carbocycles. The normalized spacial score (nSPS) is 20.0. The molecular weight excluding hydrogens is 238 g/mol. The Morgan fingerprint density at radius 3 is 2.88 bits per heavy atom. The molecule has 1 rings (SSSR count). The van der Waals surface area contributed by atoms with Gasteiger partial charge in [-0.3, -0.25) is 4.79 Å². The zero-order valence-corrected chi connectivity index (χ0v) is 12.0. The third kappa shape index (κ3) is 5.48. The lowest BCUT2D eigenvalue weighted by atomic mass is 10.1. The molecule has 1 fully saturated rings. The van der Waals surface area contributed by atoms with Crippen LogP contribution in [-0.4, -0.2) is 35.4 Å². The fraction of sp³-hybridized carbons (Fsp3) is 0.917. The molecule has 0 aromatic rings. The standard InChI is InChI=1S/C12H23NOS2/c1-3-9-13(2)12(14)7-5-4-6-11-8-10-15-16-11/h11H,3-10H2,1-2H3. The Kier molecular flexibility index (Phi) is 7.37. The van der Waals surface area contributed by atoms with Crippen LogP contribution in [0.25, 0.3) is 0 Å². The largest absolute Gasteiger partial charge is 0.346 e. The first-order valence-electron chi connectivity index (χ1n) is 6.26. The summed E-state index contributed by atoms with van der Waals surface area (Å²) in [7, 11) is 5.95. The van der Waals surface area contributed by atoms with E-state index in [1.165, 1.54) is 25.0 Å². The maximum absolute atomic E-state index is 11.6. The van der Waals surface area contributed by atoms with Crippen LogP contribution in [0.1, 0.15) is 45.4 Å². The number of carbonyl (C=O) groups excluding carboxylic acids is 1. The molecule has 0 aromatic carbocycles. The van der Waals surface area contributed by atoms with Crippen LogP contribution in [0.15, 0.2) is 0 Å². The van der Waals surface area contributed by atoms with Crippen molar-refractivity contribution in [1.29, 1.82) is 0 Å². The predicted octanol–water partition coefficient (Wildman–Crippen LogP) is 3.57. The molecule has 4 heteroatoms. The van der Waals surface area contributed by atoms with Crippen molar-refractivity contribution in [3.05, 3.63) is 0 Å². The molecule has 16 heavy (non-hydrogen) atoms. The summed E-state index contributed by atoms with van der Waals surface area (Å²) in [5.41, 5.74) is 0. The summed E-state index contributed by atoms with van der Waals surface area (Å²) in [6, 6.07) is 0. The average Bonchev–Trinajstić information content (AvgIpc) is 2.77. The summed E-state index contributed by atoms with van der Waals surface area (Å²) in [5, 5.41) is 0.855. The van der Waals surface area contributed by atoms with Crippen molar-refractivity contribution in [2.45, 2.75) is 50.7 Å². The molecule has 0 spiro atoms. The van der Waals surface area contributed by atoms with Crippen molar-refractivity contribution in [3.63, 3.8) is 0 Å². The number of rotatable bonds is 7. The van der Waals surface area contributed by atoms with E-state index in [-0.39, 0.29) is 0 Å². The number of hydrogen-bond acceptors (Lipinski definition) is 3. The zero-order valence-electron chi connectivity index (χ0n) is 10.4. The highest BCUT2D eigenvalue weighted by atomic mass is 33.1. The van der Waals surface area contributed by atoms with Crippen LogP contribution in [0.4, 0.5) is 0 Å². The second-order valence-corrected chi connectivity index (χ2v) is 7.18. The van der Waals surface area contributed by atoms with Crippen molar-refractivity contribution in [3.8, 4) is 0 Å². The van der Waals surface area contributed by atoms with Gasteiger partial charge >= 0.3 is 0 Å². The summed E-state index contributed by atoms with van der Waals surface area (Å²) in [6.45, 7) is 3.01. The van der Waals surface area contributed by atoms with Gasteiger partial charge < -0.3 is 4.90 Å². The topological polar surface area (TPSA) is 20.3 Å². The Hall–Kier alpha value is 0.170. The van der Waals surface area contributed by atoms with Crippen LogP contribution in [-0.2, 0) is 4.79 Å². The molecule has 1 aliphatic heterocycles. The molecule has 0 N–H and O–H groups in total. The summed E-state index contributed by atoms with van der Waals surface area (Å²) in [4.78, 5) is 13.5. The monoisotopic (exact) mass is 261 g/mol. The van der Waals surface area contributed by atoms with Gasteiger partial charge in [-0.15, -0.1) is 0 Å². The minimum atomic E-state index is 0.315. The lowest BCUT2D eigenvalue weighted by molar-refractivity contribution is -0.130. The van der Waals surface area contributed by atoms with Gasteiger partial charge in [-0.25, -0.2) is 0 Å². The molecule has 1 heterocycles. The Morgan fingerprint density at radius 1 is 1.44 bits per heavy atom. The lowest BCUT2D eigenvalue weighted by Gasteiger charge is -2.16. The number of unbranched alkanes of at least 4 members (excludes halogenated alkanes) is 1. The highest BCUT2D eigenvalue weighted by Gasteiger charge is 2.16. The summed E-state index contributed by atoms with van der Waals surface area (Å²) >= 11 is 0. The van der Waals surface area contributed by atoms with E-state index in [1.807, 2.05) is 33.5 Å². The summed E-state index contributed by atoms with van der Waals surface area (Å²) in [6.07, 6.45) is 6.72. The molecule has 1 unspecified atom stereocenters. The fourth-order valence-corrected chi connectivity index (χ4v) is 4.89. The minimum Gasteiger partial charge on any atom is -0.346 e. The number of hydrogen-bond donors (Lipinski definition) is 0. The van der Waals surface area contributed by atoms with E-state index >= 15 is 0 Å². The Labute approximate surface area is 107 Å². The summed E-state index contributed by atoms with van der Waals surface area (Å²) in [5.74, 6) is 1.63. The molecule has 0 radical (unpaired) electrons. The van der Waals surface area contributed by atoms with Gasteiger partial charge in [-0.2, -0.15) is 0 Å². The highest BCUT2D eigenvalue weighted by molar-refractivity contribution is 8.77. The van der Waals surface area contributed by atoms with Gasteiger partial charge in [0.2, 0.25) is 5.91 Å². The van der Waals surface area contributed by atoms with Gasteiger partial charge in [0, 0.05) is 31.0 Å². The maximum atomic E-state index is 11.6. The van der Waals surface area contributed by atoms with E-state index in [9.17, 15) is 4.79 Å². The lowest BCUT2D eigenvalue weighted by Crippen LogP contribution is -2.27. The molecule has 1 atom stereocenters. The van der Waals surface area contributed by atoms with Crippen LogP contribution in [0.3, 0.4) is 0 Å². The van der Waals surface area contributed by atoms with E-state index in [4.69, 9.17) is 0 Å². The van der Waals surface area contributed by atoms with E-state index < -0.39 is 0 Å². The Morgan fingerprint density at radius 2 is 2.25 bits per heavy atom. The molecule has 0 aliphatic carbocycles. The Bertz CT molecular complexity index is 205. The molecule has 1 amide bonds. The SMILES string of the molecule is CCCN(C)C(=O)CCCCC1CCSS1. The number of carbonyl (C=O) groups is 1.